The Balaban J connectivity index is 2.91. The zero-order valence-electron chi connectivity index (χ0n) is 8.48. The molecule has 0 fully saturated rings. The lowest BCUT2D eigenvalue weighted by molar-refractivity contribution is 0.598. The van der Waals surface area contributed by atoms with Crippen LogP contribution in [0.3, 0.4) is 0 Å². The predicted molar refractivity (Wildman–Crippen MR) is 66.0 cm³/mol. The summed E-state index contributed by atoms with van der Waals surface area (Å²) in [6.45, 7) is 1.82. The second-order valence-electron chi connectivity index (χ2n) is 3.28. The van der Waals surface area contributed by atoms with Crippen molar-refractivity contribution in [1.29, 1.82) is 0 Å². The first kappa shape index (κ1) is 12.5. The van der Waals surface area contributed by atoms with Gasteiger partial charge in [-0.1, -0.05) is 45.8 Å². The topological polar surface area (TPSA) is 34.1 Å². The Labute approximate surface area is 99.1 Å². The van der Waals surface area contributed by atoms with Crippen LogP contribution in [0.25, 0.3) is 0 Å². The number of alkyl halides is 1. The molecule has 2 nitrogen and oxygen atoms in total. The summed E-state index contributed by atoms with van der Waals surface area (Å²) in [6.07, 6.45) is 1.86. The second-order valence-corrected chi connectivity index (χ2v) is 5.91. The fraction of sp³-hybridized carbons (Fsp3) is 0.273. The number of allylic oxidation sites excluding steroid dienone is 1. The Morgan fingerprint density at radius 1 is 1.33 bits per heavy atom. The summed E-state index contributed by atoms with van der Waals surface area (Å²) < 4.78 is 23.7. The SMILES string of the molecule is C/C(=C\CBr)CS(=O)(=O)c1ccccc1. The maximum absolute atomic E-state index is 11.9. The molecule has 0 aromatic heterocycles. The number of hydrogen-bond donors (Lipinski definition) is 0. The molecular formula is C11H13BrO2S. The van der Waals surface area contributed by atoms with Gasteiger partial charge < -0.3 is 0 Å². The monoisotopic (exact) mass is 288 g/mol. The van der Waals surface area contributed by atoms with Crippen molar-refractivity contribution in [3.8, 4) is 0 Å². The Morgan fingerprint density at radius 2 is 1.93 bits per heavy atom. The van der Waals surface area contributed by atoms with Crippen LogP contribution < -0.4 is 0 Å². The van der Waals surface area contributed by atoms with Crippen LogP contribution in [0.15, 0.2) is 46.9 Å². The minimum Gasteiger partial charge on any atom is -0.223 e. The normalized spacial score (nSPS) is 12.8. The lowest BCUT2D eigenvalue weighted by Gasteiger charge is -2.03. The number of hydrogen-bond acceptors (Lipinski definition) is 2. The van der Waals surface area contributed by atoms with E-state index in [0.717, 1.165) is 5.57 Å². The second kappa shape index (κ2) is 5.47. The lowest BCUT2D eigenvalue weighted by Crippen LogP contribution is -2.07. The molecule has 15 heavy (non-hydrogen) atoms. The molecule has 0 radical (unpaired) electrons. The van der Waals surface area contributed by atoms with E-state index in [9.17, 15) is 8.42 Å². The van der Waals surface area contributed by atoms with E-state index in [1.807, 2.05) is 13.0 Å². The molecule has 0 saturated carbocycles. The van der Waals surface area contributed by atoms with Gasteiger partial charge in [-0.15, -0.1) is 0 Å². The van der Waals surface area contributed by atoms with Crippen LogP contribution in [0.4, 0.5) is 0 Å². The maximum atomic E-state index is 11.9. The number of sulfone groups is 1. The molecule has 0 N–H and O–H groups in total. The van der Waals surface area contributed by atoms with Gasteiger partial charge in [0.1, 0.15) is 0 Å². The van der Waals surface area contributed by atoms with Crippen molar-refractivity contribution in [3.05, 3.63) is 42.0 Å². The summed E-state index contributed by atoms with van der Waals surface area (Å²) in [5.41, 5.74) is 0.857. The molecule has 0 bridgehead atoms. The zero-order chi connectivity index (χ0) is 11.3. The molecule has 0 spiro atoms. The molecule has 0 amide bonds. The van der Waals surface area contributed by atoms with Gasteiger partial charge in [0.05, 0.1) is 10.6 Å². The van der Waals surface area contributed by atoms with Gasteiger partial charge >= 0.3 is 0 Å². The minimum absolute atomic E-state index is 0.0859. The first-order valence-electron chi connectivity index (χ1n) is 4.55. The van der Waals surface area contributed by atoms with Crippen molar-refractivity contribution in [1.82, 2.24) is 0 Å². The van der Waals surface area contributed by atoms with Crippen LogP contribution in [-0.2, 0) is 9.84 Å². The molecule has 0 saturated heterocycles. The average molecular weight is 289 g/mol. The quantitative estimate of drug-likeness (QED) is 0.631. The van der Waals surface area contributed by atoms with Crippen molar-refractivity contribution >= 4 is 25.8 Å². The molecule has 0 unspecified atom stereocenters. The molecule has 0 aliphatic rings. The summed E-state index contributed by atoms with van der Waals surface area (Å²) in [5.74, 6) is 0.0859. The molecule has 0 heterocycles. The smallest absolute Gasteiger partial charge is 0.182 e. The third-order valence-corrected chi connectivity index (χ3v) is 4.10. The predicted octanol–water partition coefficient (Wildman–Crippen LogP) is 2.80. The van der Waals surface area contributed by atoms with E-state index in [-0.39, 0.29) is 5.75 Å². The highest BCUT2D eigenvalue weighted by Gasteiger charge is 2.13. The molecular weight excluding hydrogens is 276 g/mol. The highest BCUT2D eigenvalue weighted by molar-refractivity contribution is 9.09. The third-order valence-electron chi connectivity index (χ3n) is 1.95. The molecule has 82 valence electrons. The van der Waals surface area contributed by atoms with E-state index in [2.05, 4.69) is 15.9 Å². The van der Waals surface area contributed by atoms with E-state index >= 15 is 0 Å². The molecule has 0 atom stereocenters. The first-order chi connectivity index (χ1) is 7.06. The van der Waals surface area contributed by atoms with E-state index < -0.39 is 9.84 Å². The van der Waals surface area contributed by atoms with Gasteiger partial charge in [0, 0.05) is 5.33 Å². The average Bonchev–Trinajstić information content (AvgIpc) is 2.18. The van der Waals surface area contributed by atoms with Gasteiger partial charge in [-0.3, -0.25) is 0 Å². The Hall–Kier alpha value is -0.610. The number of halogens is 1. The van der Waals surface area contributed by atoms with E-state index in [1.54, 1.807) is 30.3 Å². The van der Waals surface area contributed by atoms with Gasteiger partial charge in [-0.05, 0) is 19.1 Å². The minimum atomic E-state index is -3.17. The molecule has 4 heteroatoms. The van der Waals surface area contributed by atoms with Crippen LogP contribution in [0.5, 0.6) is 0 Å². The van der Waals surface area contributed by atoms with Gasteiger partial charge in [-0.25, -0.2) is 8.42 Å². The van der Waals surface area contributed by atoms with Gasteiger partial charge in [-0.2, -0.15) is 0 Å². The first-order valence-corrected chi connectivity index (χ1v) is 7.33. The molecule has 0 aliphatic heterocycles. The fourth-order valence-corrected chi connectivity index (χ4v) is 3.21. The standard InChI is InChI=1S/C11H13BrO2S/c1-10(7-8-12)9-15(13,14)11-5-3-2-4-6-11/h2-7H,8-9H2,1H3/b10-7+. The highest BCUT2D eigenvalue weighted by Crippen LogP contribution is 2.13. The summed E-state index contributed by atoms with van der Waals surface area (Å²) in [5, 5.41) is 0.684. The summed E-state index contributed by atoms with van der Waals surface area (Å²) in [6, 6.07) is 8.51. The van der Waals surface area contributed by atoms with Crippen LogP contribution in [0.1, 0.15) is 6.92 Å². The summed E-state index contributed by atoms with van der Waals surface area (Å²) in [7, 11) is -3.17. The van der Waals surface area contributed by atoms with E-state index in [0.29, 0.717) is 10.2 Å². The van der Waals surface area contributed by atoms with E-state index in [1.165, 1.54) is 0 Å². The van der Waals surface area contributed by atoms with Crippen LogP contribution in [0.2, 0.25) is 0 Å². The molecule has 0 aliphatic carbocycles. The van der Waals surface area contributed by atoms with Gasteiger partial charge in [0.15, 0.2) is 9.84 Å². The maximum Gasteiger partial charge on any atom is 0.182 e. The zero-order valence-corrected chi connectivity index (χ0v) is 10.9. The van der Waals surface area contributed by atoms with Crippen molar-refractivity contribution in [3.63, 3.8) is 0 Å². The van der Waals surface area contributed by atoms with Crippen molar-refractivity contribution in [2.24, 2.45) is 0 Å². The van der Waals surface area contributed by atoms with Crippen molar-refractivity contribution in [2.45, 2.75) is 11.8 Å². The molecule has 1 aromatic carbocycles. The highest BCUT2D eigenvalue weighted by atomic mass is 79.9. The lowest BCUT2D eigenvalue weighted by atomic mass is 10.3. The number of benzene rings is 1. The molecule has 1 aromatic rings. The van der Waals surface area contributed by atoms with Crippen LogP contribution >= 0.6 is 15.9 Å². The van der Waals surface area contributed by atoms with E-state index in [4.69, 9.17) is 0 Å². The Bertz CT molecular complexity index is 435. The Morgan fingerprint density at radius 3 is 2.47 bits per heavy atom. The van der Waals surface area contributed by atoms with Crippen LogP contribution in [0, 0.1) is 0 Å². The molecule has 1 rings (SSSR count). The third kappa shape index (κ3) is 3.80. The fourth-order valence-electron chi connectivity index (χ4n) is 1.20. The van der Waals surface area contributed by atoms with Crippen molar-refractivity contribution < 1.29 is 8.42 Å². The van der Waals surface area contributed by atoms with Crippen molar-refractivity contribution in [2.75, 3.05) is 11.1 Å². The Kier molecular flexibility index (Phi) is 4.54. The summed E-state index contributed by atoms with van der Waals surface area (Å²) in [4.78, 5) is 0.382. The van der Waals surface area contributed by atoms with Gasteiger partial charge in [0.25, 0.3) is 0 Å². The largest absolute Gasteiger partial charge is 0.223 e. The summed E-state index contributed by atoms with van der Waals surface area (Å²) >= 11 is 3.24. The number of rotatable bonds is 4. The van der Waals surface area contributed by atoms with Gasteiger partial charge in [0.2, 0.25) is 0 Å². The van der Waals surface area contributed by atoms with Crippen LogP contribution in [-0.4, -0.2) is 19.5 Å².